The molecule has 1 aromatic rings. The van der Waals surface area contributed by atoms with Crippen LogP contribution < -0.4 is 4.74 Å². The maximum atomic E-state index is 12.2. The minimum atomic E-state index is -2.79. The van der Waals surface area contributed by atoms with E-state index in [1.54, 1.807) is 12.1 Å². The predicted molar refractivity (Wildman–Crippen MR) is 86.1 cm³/mol. The lowest BCUT2D eigenvalue weighted by atomic mass is 9.58. The van der Waals surface area contributed by atoms with Crippen molar-refractivity contribution < 1.29 is 23.4 Å². The van der Waals surface area contributed by atoms with Crippen LogP contribution in [0.25, 0.3) is 0 Å². The summed E-state index contributed by atoms with van der Waals surface area (Å²) >= 11 is 0. The van der Waals surface area contributed by atoms with E-state index in [0.29, 0.717) is 6.61 Å². The number of likely N-dealkylation sites (tertiary alicyclic amines) is 1. The molecule has 0 radical (unpaired) electrons. The molecular formula is C18H25F2NO3. The Morgan fingerprint density at radius 3 is 2.46 bits per heavy atom. The lowest BCUT2D eigenvalue weighted by Crippen LogP contribution is -2.62. The second-order valence-corrected chi connectivity index (χ2v) is 6.73. The van der Waals surface area contributed by atoms with Gasteiger partial charge in [0.1, 0.15) is 5.75 Å². The maximum absolute atomic E-state index is 12.2. The van der Waals surface area contributed by atoms with E-state index in [4.69, 9.17) is 4.74 Å². The molecule has 1 heterocycles. The van der Waals surface area contributed by atoms with Crippen LogP contribution in [0.2, 0.25) is 0 Å². The van der Waals surface area contributed by atoms with Gasteiger partial charge >= 0.3 is 6.61 Å². The zero-order valence-corrected chi connectivity index (χ0v) is 14.0. The second kappa shape index (κ2) is 7.33. The highest BCUT2D eigenvalue weighted by Crippen LogP contribution is 2.51. The molecule has 4 nitrogen and oxygen atoms in total. The van der Waals surface area contributed by atoms with Crippen LogP contribution in [-0.2, 0) is 11.3 Å². The number of hydrogen-bond donors (Lipinski definition) is 1. The van der Waals surface area contributed by atoms with Crippen molar-refractivity contribution in [3.05, 3.63) is 29.8 Å². The van der Waals surface area contributed by atoms with Gasteiger partial charge in [-0.25, -0.2) is 0 Å². The molecule has 1 aromatic carbocycles. The fraction of sp³-hybridized carbons (Fsp3) is 0.667. The first-order valence-corrected chi connectivity index (χ1v) is 8.59. The molecule has 0 bridgehead atoms. The largest absolute Gasteiger partial charge is 0.435 e. The van der Waals surface area contributed by atoms with E-state index < -0.39 is 6.61 Å². The highest BCUT2D eigenvalue weighted by atomic mass is 19.3. The van der Waals surface area contributed by atoms with E-state index in [1.807, 2.05) is 19.1 Å². The first-order valence-electron chi connectivity index (χ1n) is 8.59. The third-order valence-corrected chi connectivity index (χ3v) is 5.45. The maximum Gasteiger partial charge on any atom is 0.387 e. The first kappa shape index (κ1) is 17.6. The van der Waals surface area contributed by atoms with Crippen molar-refractivity contribution in [2.75, 3.05) is 19.7 Å². The number of hydrogen-bond acceptors (Lipinski definition) is 4. The Kier molecular flexibility index (Phi) is 5.37. The van der Waals surface area contributed by atoms with Gasteiger partial charge in [-0.05, 0) is 50.6 Å². The Bertz CT molecular complexity index is 528. The standard InChI is InChI=1S/C18H25F2NO3/c1-2-23-16-11-15(22)18(16)7-9-21(10-8-18)12-13-3-5-14(6-4-13)24-17(19)20/h3-6,15-17,22H,2,7-12H2,1H3. The summed E-state index contributed by atoms with van der Waals surface area (Å²) in [4.78, 5) is 2.34. The van der Waals surface area contributed by atoms with Gasteiger partial charge in [0.25, 0.3) is 0 Å². The molecule has 1 aliphatic heterocycles. The minimum Gasteiger partial charge on any atom is -0.435 e. The lowest BCUT2D eigenvalue weighted by Gasteiger charge is -2.56. The number of aliphatic hydroxyl groups is 1. The third-order valence-electron chi connectivity index (χ3n) is 5.45. The molecule has 6 heteroatoms. The molecule has 3 rings (SSSR count). The van der Waals surface area contributed by atoms with Gasteiger partial charge in [0, 0.05) is 25.0 Å². The number of rotatable bonds is 6. The molecular weight excluding hydrogens is 316 g/mol. The number of aliphatic hydroxyl groups excluding tert-OH is 1. The molecule has 2 unspecified atom stereocenters. The fourth-order valence-electron chi connectivity index (χ4n) is 3.98. The summed E-state index contributed by atoms with van der Waals surface area (Å²) in [6.45, 7) is 2.50. The van der Waals surface area contributed by atoms with Gasteiger partial charge in [-0.1, -0.05) is 12.1 Å². The monoisotopic (exact) mass is 341 g/mol. The predicted octanol–water partition coefficient (Wildman–Crippen LogP) is 3.04. The van der Waals surface area contributed by atoms with Gasteiger partial charge in [0.2, 0.25) is 0 Å². The Morgan fingerprint density at radius 2 is 1.92 bits per heavy atom. The average molecular weight is 341 g/mol. The minimum absolute atomic E-state index is 0.0680. The van der Waals surface area contributed by atoms with Crippen LogP contribution in [0.3, 0.4) is 0 Å². The van der Waals surface area contributed by atoms with E-state index in [9.17, 15) is 13.9 Å². The number of halogens is 2. The molecule has 1 aliphatic carbocycles. The Hall–Kier alpha value is -1.24. The van der Waals surface area contributed by atoms with Gasteiger partial charge in [0.15, 0.2) is 0 Å². The lowest BCUT2D eigenvalue weighted by molar-refractivity contribution is -0.209. The van der Waals surface area contributed by atoms with Crippen LogP contribution in [0.4, 0.5) is 8.78 Å². The van der Waals surface area contributed by atoms with Crippen LogP contribution in [-0.4, -0.2) is 48.5 Å². The number of nitrogens with zero attached hydrogens (tertiary/aromatic N) is 1. The molecule has 2 atom stereocenters. The van der Waals surface area contributed by atoms with E-state index in [2.05, 4.69) is 9.64 Å². The molecule has 134 valence electrons. The molecule has 1 spiro atoms. The van der Waals surface area contributed by atoms with Gasteiger partial charge in [0.05, 0.1) is 12.2 Å². The SMILES string of the molecule is CCOC1CC(O)C12CCN(Cc1ccc(OC(F)F)cc1)CC2. The second-order valence-electron chi connectivity index (χ2n) is 6.73. The Labute approximate surface area is 141 Å². The molecule has 0 aromatic heterocycles. The third kappa shape index (κ3) is 3.55. The summed E-state index contributed by atoms with van der Waals surface area (Å²) < 4.78 is 34.5. The fourth-order valence-corrected chi connectivity index (χ4v) is 3.98. The van der Waals surface area contributed by atoms with E-state index in [-0.39, 0.29) is 23.4 Å². The first-order chi connectivity index (χ1) is 11.5. The topological polar surface area (TPSA) is 41.9 Å². The Balaban J connectivity index is 1.52. The quantitative estimate of drug-likeness (QED) is 0.864. The molecule has 0 amide bonds. The van der Waals surface area contributed by atoms with Crippen molar-refractivity contribution in [2.24, 2.45) is 5.41 Å². The smallest absolute Gasteiger partial charge is 0.387 e. The Morgan fingerprint density at radius 1 is 1.25 bits per heavy atom. The number of benzene rings is 1. The highest BCUT2D eigenvalue weighted by molar-refractivity contribution is 5.27. The average Bonchev–Trinajstić information content (AvgIpc) is 2.57. The van der Waals surface area contributed by atoms with Crippen molar-refractivity contribution in [1.82, 2.24) is 4.90 Å². The summed E-state index contributed by atoms with van der Waals surface area (Å²) in [5.41, 5.74) is 1.00. The number of ether oxygens (including phenoxy) is 2. The molecule has 24 heavy (non-hydrogen) atoms. The molecule has 1 saturated heterocycles. The van der Waals surface area contributed by atoms with Crippen molar-refractivity contribution in [1.29, 1.82) is 0 Å². The normalized spacial score (nSPS) is 26.5. The van der Waals surface area contributed by atoms with Crippen LogP contribution in [0.5, 0.6) is 5.75 Å². The molecule has 1 N–H and O–H groups in total. The summed E-state index contributed by atoms with van der Waals surface area (Å²) in [7, 11) is 0. The van der Waals surface area contributed by atoms with Gasteiger partial charge in [-0.3, -0.25) is 4.90 Å². The zero-order chi connectivity index (χ0) is 17.2. The van der Waals surface area contributed by atoms with E-state index >= 15 is 0 Å². The summed E-state index contributed by atoms with van der Waals surface area (Å²) in [6, 6.07) is 6.80. The van der Waals surface area contributed by atoms with Crippen molar-refractivity contribution >= 4 is 0 Å². The number of alkyl halides is 2. The summed E-state index contributed by atoms with van der Waals surface area (Å²) in [6.07, 6.45) is 2.56. The highest BCUT2D eigenvalue weighted by Gasteiger charge is 2.55. The van der Waals surface area contributed by atoms with E-state index in [0.717, 1.165) is 44.5 Å². The van der Waals surface area contributed by atoms with Crippen LogP contribution in [0, 0.1) is 5.41 Å². The van der Waals surface area contributed by atoms with Crippen LogP contribution in [0.15, 0.2) is 24.3 Å². The van der Waals surface area contributed by atoms with Crippen molar-refractivity contribution in [3.63, 3.8) is 0 Å². The van der Waals surface area contributed by atoms with Crippen LogP contribution >= 0.6 is 0 Å². The van der Waals surface area contributed by atoms with Crippen molar-refractivity contribution in [2.45, 2.75) is 51.6 Å². The van der Waals surface area contributed by atoms with Gasteiger partial charge < -0.3 is 14.6 Å². The van der Waals surface area contributed by atoms with Crippen LogP contribution in [0.1, 0.15) is 31.7 Å². The molecule has 2 fully saturated rings. The van der Waals surface area contributed by atoms with E-state index in [1.165, 1.54) is 0 Å². The van der Waals surface area contributed by atoms with Gasteiger partial charge in [-0.15, -0.1) is 0 Å². The zero-order valence-electron chi connectivity index (χ0n) is 14.0. The van der Waals surface area contributed by atoms with Gasteiger partial charge in [-0.2, -0.15) is 8.78 Å². The molecule has 2 aliphatic rings. The number of piperidine rings is 1. The summed E-state index contributed by atoms with van der Waals surface area (Å²) in [5.74, 6) is 0.184. The molecule has 1 saturated carbocycles. The summed E-state index contributed by atoms with van der Waals surface area (Å²) in [5, 5.41) is 10.2. The van der Waals surface area contributed by atoms with Crippen molar-refractivity contribution in [3.8, 4) is 5.75 Å².